The summed E-state index contributed by atoms with van der Waals surface area (Å²) in [6.45, 7) is 9.15. The highest BCUT2D eigenvalue weighted by Gasteiger charge is 2.30. The molecule has 0 N–H and O–H groups in total. The van der Waals surface area contributed by atoms with Gasteiger partial charge in [0.25, 0.3) is 0 Å². The maximum atomic E-state index is 12.3. The molecule has 0 amide bonds. The van der Waals surface area contributed by atoms with Gasteiger partial charge in [-0.1, -0.05) is 26.0 Å². The molecule has 0 fully saturated rings. The highest BCUT2D eigenvalue weighted by atomic mass is 16.5. The molecule has 0 bridgehead atoms. The molecule has 0 saturated carbocycles. The van der Waals surface area contributed by atoms with Gasteiger partial charge in [-0.05, 0) is 31.9 Å². The minimum Gasteiger partial charge on any atom is -0.465 e. The number of imidazole rings is 1. The number of aryl methyl sites for hydroxylation is 1. The van der Waals surface area contributed by atoms with E-state index in [2.05, 4.69) is 16.5 Å². The van der Waals surface area contributed by atoms with E-state index in [4.69, 9.17) is 4.74 Å². The van der Waals surface area contributed by atoms with Crippen molar-refractivity contribution < 1.29 is 9.53 Å². The number of nitrogens with zero attached hydrogens (tertiary/aromatic N) is 2. The van der Waals surface area contributed by atoms with Crippen LogP contribution in [0.5, 0.6) is 0 Å². The number of carbonyl (C=O) groups is 1. The molecular formula is C16H22N2O2. The number of benzene rings is 1. The van der Waals surface area contributed by atoms with Crippen molar-refractivity contribution in [2.75, 3.05) is 6.61 Å². The molecular weight excluding hydrogens is 252 g/mol. The van der Waals surface area contributed by atoms with Gasteiger partial charge in [-0.3, -0.25) is 4.79 Å². The van der Waals surface area contributed by atoms with Crippen LogP contribution in [0, 0.1) is 5.92 Å². The van der Waals surface area contributed by atoms with Crippen molar-refractivity contribution in [3.8, 4) is 0 Å². The van der Waals surface area contributed by atoms with Crippen molar-refractivity contribution in [2.24, 2.45) is 5.92 Å². The Morgan fingerprint density at radius 3 is 2.60 bits per heavy atom. The Balaban J connectivity index is 2.55. The lowest BCUT2D eigenvalue weighted by atomic mass is 9.95. The van der Waals surface area contributed by atoms with Crippen molar-refractivity contribution in [1.29, 1.82) is 0 Å². The number of fused-ring (bicyclic) bond motifs is 1. The molecule has 2 rings (SSSR count). The van der Waals surface area contributed by atoms with Crippen molar-refractivity contribution in [2.45, 2.75) is 40.2 Å². The van der Waals surface area contributed by atoms with Crippen LogP contribution < -0.4 is 0 Å². The number of hydrogen-bond acceptors (Lipinski definition) is 3. The summed E-state index contributed by atoms with van der Waals surface area (Å²) in [5.74, 6) is 0.452. The van der Waals surface area contributed by atoms with Crippen LogP contribution in [-0.2, 0) is 16.1 Å². The summed E-state index contributed by atoms with van der Waals surface area (Å²) in [5.41, 5.74) is 2.00. The van der Waals surface area contributed by atoms with Crippen LogP contribution in [0.4, 0.5) is 0 Å². The van der Waals surface area contributed by atoms with Crippen LogP contribution in [0.25, 0.3) is 11.0 Å². The van der Waals surface area contributed by atoms with Crippen molar-refractivity contribution in [3.05, 3.63) is 30.1 Å². The van der Waals surface area contributed by atoms with Crippen LogP contribution in [0.15, 0.2) is 24.3 Å². The fourth-order valence-corrected chi connectivity index (χ4v) is 2.57. The molecule has 0 aliphatic carbocycles. The molecule has 1 aromatic carbocycles. The third-order valence-electron chi connectivity index (χ3n) is 3.49. The van der Waals surface area contributed by atoms with Gasteiger partial charge in [0.1, 0.15) is 11.7 Å². The molecule has 20 heavy (non-hydrogen) atoms. The van der Waals surface area contributed by atoms with Crippen molar-refractivity contribution in [1.82, 2.24) is 9.55 Å². The van der Waals surface area contributed by atoms with Gasteiger partial charge in [-0.2, -0.15) is 0 Å². The third kappa shape index (κ3) is 2.55. The van der Waals surface area contributed by atoms with E-state index in [1.165, 1.54) is 0 Å². The summed E-state index contributed by atoms with van der Waals surface area (Å²) < 4.78 is 7.33. The number of para-hydroxylation sites is 2. The van der Waals surface area contributed by atoms with Crippen LogP contribution in [0.2, 0.25) is 0 Å². The monoisotopic (exact) mass is 274 g/mol. The largest absolute Gasteiger partial charge is 0.465 e. The summed E-state index contributed by atoms with van der Waals surface area (Å²) in [4.78, 5) is 16.9. The van der Waals surface area contributed by atoms with Gasteiger partial charge in [0.2, 0.25) is 0 Å². The predicted molar refractivity (Wildman–Crippen MR) is 79.6 cm³/mol. The van der Waals surface area contributed by atoms with Gasteiger partial charge in [-0.25, -0.2) is 4.98 Å². The fraction of sp³-hybridized carbons (Fsp3) is 0.500. The zero-order chi connectivity index (χ0) is 14.7. The average Bonchev–Trinajstić information content (AvgIpc) is 2.76. The zero-order valence-electron chi connectivity index (χ0n) is 12.6. The van der Waals surface area contributed by atoms with Gasteiger partial charge >= 0.3 is 5.97 Å². The van der Waals surface area contributed by atoms with E-state index in [1.807, 2.05) is 45.0 Å². The lowest BCUT2D eigenvalue weighted by molar-refractivity contribution is -0.146. The van der Waals surface area contributed by atoms with Gasteiger partial charge in [0.05, 0.1) is 17.6 Å². The molecule has 1 unspecified atom stereocenters. The number of carbonyl (C=O) groups excluding carboxylic acids is 1. The summed E-state index contributed by atoms with van der Waals surface area (Å²) in [5, 5.41) is 0. The first-order valence-corrected chi connectivity index (χ1v) is 7.21. The Morgan fingerprint density at radius 1 is 1.30 bits per heavy atom. The van der Waals surface area contributed by atoms with Crippen LogP contribution >= 0.6 is 0 Å². The number of aromatic nitrogens is 2. The third-order valence-corrected chi connectivity index (χ3v) is 3.49. The van der Waals surface area contributed by atoms with E-state index in [1.54, 1.807) is 0 Å². The summed E-state index contributed by atoms with van der Waals surface area (Å²) >= 11 is 0. The second-order valence-electron chi connectivity index (χ2n) is 5.18. The smallest absolute Gasteiger partial charge is 0.316 e. The van der Waals surface area contributed by atoms with E-state index in [-0.39, 0.29) is 17.8 Å². The SMILES string of the molecule is CCOC(=O)C(c1nc2ccccc2n1CC)C(C)C. The lowest BCUT2D eigenvalue weighted by Gasteiger charge is -2.19. The average molecular weight is 274 g/mol. The maximum absolute atomic E-state index is 12.3. The second kappa shape index (κ2) is 6.07. The fourth-order valence-electron chi connectivity index (χ4n) is 2.57. The van der Waals surface area contributed by atoms with Crippen LogP contribution in [0.3, 0.4) is 0 Å². The lowest BCUT2D eigenvalue weighted by Crippen LogP contribution is -2.24. The van der Waals surface area contributed by atoms with E-state index >= 15 is 0 Å². The van der Waals surface area contributed by atoms with E-state index < -0.39 is 0 Å². The Kier molecular flexibility index (Phi) is 4.42. The second-order valence-corrected chi connectivity index (χ2v) is 5.18. The summed E-state index contributed by atoms with van der Waals surface area (Å²) in [7, 11) is 0. The van der Waals surface area contributed by atoms with Gasteiger partial charge in [0, 0.05) is 6.54 Å². The van der Waals surface area contributed by atoms with E-state index in [0.717, 1.165) is 23.4 Å². The molecule has 4 nitrogen and oxygen atoms in total. The first-order valence-electron chi connectivity index (χ1n) is 7.21. The number of esters is 1. The Morgan fingerprint density at radius 2 is 2.00 bits per heavy atom. The standard InChI is InChI=1S/C16H22N2O2/c1-5-18-13-10-8-7-9-12(13)17-15(18)14(11(3)4)16(19)20-6-2/h7-11,14H,5-6H2,1-4H3. The Bertz CT molecular complexity index is 602. The number of rotatable bonds is 5. The first kappa shape index (κ1) is 14.6. The van der Waals surface area contributed by atoms with E-state index in [9.17, 15) is 4.79 Å². The van der Waals surface area contributed by atoms with Crippen molar-refractivity contribution >= 4 is 17.0 Å². The van der Waals surface area contributed by atoms with Gasteiger partial charge < -0.3 is 9.30 Å². The number of ether oxygens (including phenoxy) is 1. The highest BCUT2D eigenvalue weighted by molar-refractivity contribution is 5.81. The highest BCUT2D eigenvalue weighted by Crippen LogP contribution is 2.28. The quantitative estimate of drug-likeness (QED) is 0.785. The topological polar surface area (TPSA) is 44.1 Å². The molecule has 0 aliphatic rings. The molecule has 1 atom stereocenters. The molecule has 0 spiro atoms. The van der Waals surface area contributed by atoms with Gasteiger partial charge in [0.15, 0.2) is 0 Å². The minimum absolute atomic E-state index is 0.149. The normalized spacial score (nSPS) is 12.8. The molecule has 4 heteroatoms. The molecule has 0 saturated heterocycles. The Hall–Kier alpha value is -1.84. The summed E-state index contributed by atoms with van der Waals surface area (Å²) in [6, 6.07) is 7.98. The minimum atomic E-state index is -0.317. The predicted octanol–water partition coefficient (Wildman–Crippen LogP) is 3.36. The Labute approximate surface area is 119 Å². The molecule has 0 aliphatic heterocycles. The molecule has 1 heterocycles. The molecule has 0 radical (unpaired) electrons. The van der Waals surface area contributed by atoms with Gasteiger partial charge in [-0.15, -0.1) is 0 Å². The number of hydrogen-bond donors (Lipinski definition) is 0. The van der Waals surface area contributed by atoms with Crippen molar-refractivity contribution in [3.63, 3.8) is 0 Å². The van der Waals surface area contributed by atoms with Crippen LogP contribution in [0.1, 0.15) is 39.4 Å². The molecule has 2 aromatic rings. The molecule has 108 valence electrons. The zero-order valence-corrected chi connectivity index (χ0v) is 12.6. The molecule has 1 aromatic heterocycles. The first-order chi connectivity index (χ1) is 9.60. The van der Waals surface area contributed by atoms with E-state index in [0.29, 0.717) is 6.61 Å². The van der Waals surface area contributed by atoms with Crippen LogP contribution in [-0.4, -0.2) is 22.1 Å². The maximum Gasteiger partial charge on any atom is 0.316 e. The summed E-state index contributed by atoms with van der Waals surface area (Å²) in [6.07, 6.45) is 0.